The lowest BCUT2D eigenvalue weighted by atomic mass is 9.99. The molecule has 2 N–H and O–H groups in total. The molecule has 4 amide bonds. The summed E-state index contributed by atoms with van der Waals surface area (Å²) < 4.78 is 0. The van der Waals surface area contributed by atoms with Gasteiger partial charge in [-0.3, -0.25) is 34.3 Å². The van der Waals surface area contributed by atoms with Crippen LogP contribution in [0, 0.1) is 0 Å². The van der Waals surface area contributed by atoms with Crippen LogP contribution in [0.3, 0.4) is 0 Å². The predicted molar refractivity (Wildman–Crippen MR) is 114 cm³/mol. The maximum atomic E-state index is 13.3. The molecule has 31 heavy (non-hydrogen) atoms. The maximum absolute atomic E-state index is 13.3. The van der Waals surface area contributed by atoms with Crippen molar-refractivity contribution in [3.63, 3.8) is 0 Å². The van der Waals surface area contributed by atoms with Gasteiger partial charge in [0.05, 0.1) is 11.1 Å². The number of benzene rings is 1. The van der Waals surface area contributed by atoms with Crippen molar-refractivity contribution in [3.05, 3.63) is 34.9 Å². The summed E-state index contributed by atoms with van der Waals surface area (Å²) in [5.74, 6) is -1.84. The van der Waals surface area contributed by atoms with E-state index in [-0.39, 0.29) is 24.8 Å². The number of fused-ring (bicyclic) bond motifs is 1. The average molecular weight is 427 g/mol. The lowest BCUT2D eigenvalue weighted by Crippen LogP contribution is -2.54. The minimum atomic E-state index is -0.938. The van der Waals surface area contributed by atoms with Gasteiger partial charge in [0.15, 0.2) is 0 Å². The summed E-state index contributed by atoms with van der Waals surface area (Å²) in [4.78, 5) is 53.7. The zero-order valence-electron chi connectivity index (χ0n) is 18.1. The molecule has 8 heteroatoms. The fraction of sp³-hybridized carbons (Fsp3) is 0.565. The van der Waals surface area contributed by atoms with Crippen molar-refractivity contribution >= 4 is 23.6 Å². The van der Waals surface area contributed by atoms with Crippen LogP contribution in [0.2, 0.25) is 0 Å². The zero-order chi connectivity index (χ0) is 22.1. The van der Waals surface area contributed by atoms with Gasteiger partial charge >= 0.3 is 0 Å². The lowest BCUT2D eigenvalue weighted by molar-refractivity contribution is -0.136. The van der Waals surface area contributed by atoms with Crippen molar-refractivity contribution in [2.24, 2.45) is 0 Å². The molecule has 0 bridgehead atoms. The number of nitrogens with zero attached hydrogens (tertiary/aromatic N) is 2. The van der Waals surface area contributed by atoms with E-state index in [1.54, 1.807) is 12.1 Å². The van der Waals surface area contributed by atoms with Crippen molar-refractivity contribution < 1.29 is 19.2 Å². The van der Waals surface area contributed by atoms with Crippen molar-refractivity contribution in [2.45, 2.75) is 70.6 Å². The van der Waals surface area contributed by atoms with E-state index in [4.69, 9.17) is 0 Å². The Morgan fingerprint density at radius 1 is 1.06 bits per heavy atom. The monoisotopic (exact) mass is 426 g/mol. The third kappa shape index (κ3) is 4.14. The first-order chi connectivity index (χ1) is 14.9. The lowest BCUT2D eigenvalue weighted by Gasteiger charge is -2.35. The summed E-state index contributed by atoms with van der Waals surface area (Å²) in [5, 5.41) is 5.69. The van der Waals surface area contributed by atoms with E-state index in [1.807, 2.05) is 6.07 Å². The smallest absolute Gasteiger partial charge is 0.262 e. The molecule has 8 nitrogen and oxygen atoms in total. The number of nitrogens with one attached hydrogen (secondary N) is 2. The molecule has 166 valence electrons. The summed E-state index contributed by atoms with van der Waals surface area (Å²) >= 11 is 0. The zero-order valence-corrected chi connectivity index (χ0v) is 18.1. The molecule has 2 saturated heterocycles. The normalized spacial score (nSPS) is 24.6. The van der Waals surface area contributed by atoms with E-state index in [0.717, 1.165) is 42.8 Å². The molecular weight excluding hydrogens is 396 g/mol. The molecule has 3 aliphatic heterocycles. The molecule has 0 saturated carbocycles. The Hall–Kier alpha value is -2.58. The number of rotatable bonds is 5. The second-order valence-electron chi connectivity index (χ2n) is 8.89. The Balaban J connectivity index is 1.62. The summed E-state index contributed by atoms with van der Waals surface area (Å²) in [5.41, 5.74) is 1.56. The van der Waals surface area contributed by atoms with Gasteiger partial charge in [-0.15, -0.1) is 0 Å². The summed E-state index contributed by atoms with van der Waals surface area (Å²) in [6.45, 7) is 6.89. The van der Waals surface area contributed by atoms with Gasteiger partial charge in [-0.2, -0.15) is 0 Å². The molecule has 0 radical (unpaired) electrons. The fourth-order valence-electron chi connectivity index (χ4n) is 4.98. The Kier molecular flexibility index (Phi) is 6.20. The van der Waals surface area contributed by atoms with E-state index in [2.05, 4.69) is 29.4 Å². The van der Waals surface area contributed by atoms with Crippen LogP contribution in [0.25, 0.3) is 0 Å². The highest BCUT2D eigenvalue weighted by molar-refractivity contribution is 6.24. The molecule has 1 aromatic carbocycles. The van der Waals surface area contributed by atoms with E-state index in [1.165, 1.54) is 0 Å². The quantitative estimate of drug-likeness (QED) is 0.692. The third-order valence-electron chi connectivity index (χ3n) is 6.58. The van der Waals surface area contributed by atoms with E-state index < -0.39 is 23.8 Å². The van der Waals surface area contributed by atoms with Crippen LogP contribution in [-0.4, -0.2) is 64.6 Å². The Morgan fingerprint density at radius 3 is 2.61 bits per heavy atom. The standard InChI is InChI=1S/C23H30N4O4/c1-14(2)26(16-6-4-11-24-12-10-16)13-15-5-3-7-17-20(15)23(31)27(22(17)30)18-8-9-19(28)25-21(18)29/h3,5,7,14,16,18,24H,4,6,8-13H2,1-2H3,(H,25,28,29). The highest BCUT2D eigenvalue weighted by atomic mass is 16.2. The number of piperidine rings is 1. The molecule has 3 aliphatic rings. The second kappa shape index (κ2) is 8.88. The van der Waals surface area contributed by atoms with Crippen LogP contribution in [0.4, 0.5) is 0 Å². The molecule has 4 rings (SSSR count). The number of amides is 4. The topological polar surface area (TPSA) is 98.8 Å². The van der Waals surface area contributed by atoms with Gasteiger partial charge in [-0.1, -0.05) is 12.1 Å². The van der Waals surface area contributed by atoms with Crippen LogP contribution in [0.5, 0.6) is 0 Å². The van der Waals surface area contributed by atoms with Crippen LogP contribution in [-0.2, 0) is 16.1 Å². The molecule has 2 atom stereocenters. The van der Waals surface area contributed by atoms with E-state index in [0.29, 0.717) is 23.7 Å². The number of carbonyl (C=O) groups excluding carboxylic acids is 4. The first-order valence-corrected chi connectivity index (χ1v) is 11.2. The molecule has 0 spiro atoms. The first kappa shape index (κ1) is 21.6. The highest BCUT2D eigenvalue weighted by Gasteiger charge is 2.45. The molecule has 1 aromatic rings. The number of imide groups is 2. The first-order valence-electron chi connectivity index (χ1n) is 11.2. The van der Waals surface area contributed by atoms with Crippen molar-refractivity contribution in [2.75, 3.05) is 13.1 Å². The molecule has 0 aromatic heterocycles. The Bertz CT molecular complexity index is 905. The minimum Gasteiger partial charge on any atom is -0.317 e. The summed E-state index contributed by atoms with van der Waals surface area (Å²) in [6.07, 6.45) is 3.53. The van der Waals surface area contributed by atoms with Gasteiger partial charge in [-0.05, 0) is 64.3 Å². The minimum absolute atomic E-state index is 0.119. The van der Waals surface area contributed by atoms with Gasteiger partial charge in [-0.25, -0.2) is 0 Å². The van der Waals surface area contributed by atoms with Gasteiger partial charge in [0.2, 0.25) is 11.8 Å². The third-order valence-corrected chi connectivity index (χ3v) is 6.58. The SMILES string of the molecule is CC(C)N(Cc1cccc2c1C(=O)N(C1CCC(=O)NC1=O)C2=O)C1CCCNCC1. The second-order valence-corrected chi connectivity index (χ2v) is 8.89. The molecule has 0 aliphatic carbocycles. The van der Waals surface area contributed by atoms with Gasteiger partial charge in [0, 0.05) is 25.0 Å². The van der Waals surface area contributed by atoms with Gasteiger partial charge in [0.1, 0.15) is 6.04 Å². The predicted octanol–water partition coefficient (Wildman–Crippen LogP) is 1.44. The van der Waals surface area contributed by atoms with Crippen LogP contribution in [0.1, 0.15) is 72.2 Å². The molecule has 3 heterocycles. The van der Waals surface area contributed by atoms with Gasteiger partial charge < -0.3 is 5.32 Å². The number of hydrogen-bond donors (Lipinski definition) is 2. The van der Waals surface area contributed by atoms with Crippen molar-refractivity contribution in [1.29, 1.82) is 0 Å². The van der Waals surface area contributed by atoms with Crippen LogP contribution in [0.15, 0.2) is 18.2 Å². The highest BCUT2D eigenvalue weighted by Crippen LogP contribution is 2.31. The Morgan fingerprint density at radius 2 is 1.87 bits per heavy atom. The van der Waals surface area contributed by atoms with E-state index >= 15 is 0 Å². The maximum Gasteiger partial charge on any atom is 0.262 e. The molecule has 2 unspecified atom stereocenters. The fourth-order valence-corrected chi connectivity index (χ4v) is 4.98. The summed E-state index contributed by atoms with van der Waals surface area (Å²) in [7, 11) is 0. The van der Waals surface area contributed by atoms with E-state index in [9.17, 15) is 19.2 Å². The van der Waals surface area contributed by atoms with Gasteiger partial charge in [0.25, 0.3) is 11.8 Å². The number of carbonyl (C=O) groups is 4. The molecular formula is C23H30N4O4. The Labute approximate surface area is 182 Å². The molecule has 2 fully saturated rings. The number of hydrogen-bond acceptors (Lipinski definition) is 6. The van der Waals surface area contributed by atoms with Crippen LogP contribution >= 0.6 is 0 Å². The van der Waals surface area contributed by atoms with Crippen molar-refractivity contribution in [1.82, 2.24) is 20.4 Å². The largest absolute Gasteiger partial charge is 0.317 e. The average Bonchev–Trinajstić information content (AvgIpc) is 2.91. The van der Waals surface area contributed by atoms with Crippen LogP contribution < -0.4 is 10.6 Å². The van der Waals surface area contributed by atoms with Crippen molar-refractivity contribution in [3.8, 4) is 0 Å². The summed E-state index contributed by atoms with van der Waals surface area (Å²) in [6, 6.07) is 5.12.